The maximum atomic E-state index is 10.5. The maximum absolute atomic E-state index is 10.5. The van der Waals surface area contributed by atoms with Crippen LogP contribution in [0.1, 0.15) is 32.3 Å². The lowest BCUT2D eigenvalue weighted by molar-refractivity contribution is 0.0787. The van der Waals surface area contributed by atoms with Crippen molar-refractivity contribution in [2.45, 2.75) is 44.4 Å². The molecular formula is C19H22N4O2S. The number of rotatable bonds is 3. The van der Waals surface area contributed by atoms with Crippen LogP contribution in [0.4, 0.5) is 6.01 Å². The topological polar surface area (TPSA) is 74.4 Å². The first-order valence-corrected chi connectivity index (χ1v) is 9.93. The fourth-order valence-corrected chi connectivity index (χ4v) is 4.63. The summed E-state index contributed by atoms with van der Waals surface area (Å²) in [6, 6.07) is 5.61. The predicted octanol–water partition coefficient (Wildman–Crippen LogP) is 3.12. The van der Waals surface area contributed by atoms with Crippen molar-refractivity contribution in [3.8, 4) is 10.6 Å². The molecule has 136 valence electrons. The Hall–Kier alpha value is -1.96. The van der Waals surface area contributed by atoms with E-state index in [4.69, 9.17) is 9.40 Å². The molecule has 7 heteroatoms. The number of aromatic nitrogens is 2. The Morgan fingerprint density at radius 3 is 2.69 bits per heavy atom. The van der Waals surface area contributed by atoms with E-state index in [9.17, 15) is 5.11 Å². The van der Waals surface area contributed by atoms with Crippen molar-refractivity contribution in [2.24, 2.45) is 0 Å². The second-order valence-electron chi connectivity index (χ2n) is 7.81. The first-order valence-electron chi connectivity index (χ1n) is 9.06. The number of piperazine rings is 1. The summed E-state index contributed by atoms with van der Waals surface area (Å²) >= 11 is 1.56. The van der Waals surface area contributed by atoms with Gasteiger partial charge < -0.3 is 19.7 Å². The van der Waals surface area contributed by atoms with E-state index in [1.54, 1.807) is 31.4 Å². The summed E-state index contributed by atoms with van der Waals surface area (Å²) in [7, 11) is 0. The Morgan fingerprint density at radius 2 is 2.04 bits per heavy atom. The van der Waals surface area contributed by atoms with Gasteiger partial charge in [0, 0.05) is 36.8 Å². The van der Waals surface area contributed by atoms with Crippen LogP contribution in [-0.4, -0.2) is 40.2 Å². The van der Waals surface area contributed by atoms with Crippen LogP contribution >= 0.6 is 11.3 Å². The monoisotopic (exact) mass is 370 g/mol. The van der Waals surface area contributed by atoms with E-state index < -0.39 is 5.60 Å². The van der Waals surface area contributed by atoms with E-state index in [0.717, 1.165) is 40.3 Å². The second-order valence-corrected chi connectivity index (χ2v) is 8.70. The molecule has 2 atom stereocenters. The van der Waals surface area contributed by atoms with E-state index in [1.165, 1.54) is 12.8 Å². The summed E-state index contributed by atoms with van der Waals surface area (Å²) in [6.07, 6.45) is 4.22. The van der Waals surface area contributed by atoms with E-state index in [1.807, 2.05) is 17.5 Å². The standard InChI is InChI=1S/C19H22N4O2S/c1-19(2,24)11-7-14(17-20-5-6-26-17)16-15(8-11)22-18(25-16)23-9-12-3-4-13(10-23)21-12/h5-8,12-13,21,24H,3-4,9-10H2,1-2H3. The SMILES string of the molecule is CC(C)(O)c1cc(-c2nccs2)c2oc(N3CC4CCC(C3)N4)nc2c1. The van der Waals surface area contributed by atoms with Crippen LogP contribution in [0.25, 0.3) is 21.7 Å². The molecule has 26 heavy (non-hydrogen) atoms. The number of hydrogen-bond acceptors (Lipinski definition) is 7. The van der Waals surface area contributed by atoms with Crippen molar-refractivity contribution in [1.29, 1.82) is 0 Å². The minimum atomic E-state index is -0.951. The van der Waals surface area contributed by atoms with Crippen molar-refractivity contribution in [2.75, 3.05) is 18.0 Å². The highest BCUT2D eigenvalue weighted by atomic mass is 32.1. The highest BCUT2D eigenvalue weighted by Crippen LogP contribution is 2.37. The van der Waals surface area contributed by atoms with Crippen LogP contribution < -0.4 is 10.2 Å². The van der Waals surface area contributed by atoms with Gasteiger partial charge >= 0.3 is 0 Å². The van der Waals surface area contributed by atoms with Crippen molar-refractivity contribution < 1.29 is 9.52 Å². The number of hydrogen-bond donors (Lipinski definition) is 2. The van der Waals surface area contributed by atoms with Gasteiger partial charge in [-0.05, 0) is 44.4 Å². The van der Waals surface area contributed by atoms with Crippen molar-refractivity contribution in [3.63, 3.8) is 0 Å². The van der Waals surface area contributed by atoms with Gasteiger partial charge in [0.2, 0.25) is 0 Å². The van der Waals surface area contributed by atoms with Gasteiger partial charge in [-0.25, -0.2) is 4.98 Å². The first-order chi connectivity index (χ1) is 12.5. The molecule has 2 fully saturated rings. The number of oxazole rings is 1. The maximum Gasteiger partial charge on any atom is 0.298 e. The molecule has 5 rings (SSSR count). The molecule has 2 aromatic heterocycles. The van der Waals surface area contributed by atoms with Crippen LogP contribution in [0.2, 0.25) is 0 Å². The number of anilines is 1. The van der Waals surface area contributed by atoms with Gasteiger partial charge in [0.15, 0.2) is 5.58 Å². The Balaban J connectivity index is 1.63. The van der Waals surface area contributed by atoms with Crippen LogP contribution in [0, 0.1) is 0 Å². The van der Waals surface area contributed by atoms with Gasteiger partial charge in [0.25, 0.3) is 6.01 Å². The summed E-state index contributed by atoms with van der Waals surface area (Å²) < 4.78 is 6.23. The first kappa shape index (κ1) is 16.2. The molecule has 0 amide bonds. The lowest BCUT2D eigenvalue weighted by Gasteiger charge is -2.31. The number of nitrogens with one attached hydrogen (secondary N) is 1. The Labute approximate surface area is 155 Å². The van der Waals surface area contributed by atoms with E-state index in [0.29, 0.717) is 18.1 Å². The van der Waals surface area contributed by atoms with Gasteiger partial charge in [0.1, 0.15) is 10.5 Å². The molecule has 2 N–H and O–H groups in total. The van der Waals surface area contributed by atoms with Gasteiger partial charge in [-0.3, -0.25) is 0 Å². The summed E-state index contributed by atoms with van der Waals surface area (Å²) in [5.41, 5.74) is 2.28. The van der Waals surface area contributed by atoms with Crippen LogP contribution in [0.3, 0.4) is 0 Å². The van der Waals surface area contributed by atoms with Gasteiger partial charge in [-0.2, -0.15) is 4.98 Å². The van der Waals surface area contributed by atoms with Crippen LogP contribution in [-0.2, 0) is 5.60 Å². The second kappa shape index (κ2) is 5.77. The third-order valence-corrected chi connectivity index (χ3v) is 6.14. The zero-order chi connectivity index (χ0) is 17.9. The highest BCUT2D eigenvalue weighted by Gasteiger charge is 2.34. The molecule has 2 unspecified atom stereocenters. The molecule has 0 saturated carbocycles. The average molecular weight is 370 g/mol. The Kier molecular flexibility index (Phi) is 3.60. The number of aliphatic hydroxyl groups is 1. The molecule has 2 saturated heterocycles. The fraction of sp³-hybridized carbons (Fsp3) is 0.474. The van der Waals surface area contributed by atoms with E-state index >= 15 is 0 Å². The summed E-state index contributed by atoms with van der Waals surface area (Å²) in [4.78, 5) is 11.5. The van der Waals surface area contributed by atoms with Crippen LogP contribution in [0.15, 0.2) is 28.1 Å². The van der Waals surface area contributed by atoms with Crippen LogP contribution in [0.5, 0.6) is 0 Å². The van der Waals surface area contributed by atoms with Gasteiger partial charge in [-0.1, -0.05) is 0 Å². The lowest BCUT2D eigenvalue weighted by atomic mass is 9.96. The largest absolute Gasteiger partial charge is 0.423 e. The third-order valence-electron chi connectivity index (χ3n) is 5.34. The molecule has 0 spiro atoms. The molecule has 1 aromatic carbocycles. The normalized spacial score (nSPS) is 23.1. The Bertz CT molecular complexity index is 933. The smallest absolute Gasteiger partial charge is 0.298 e. The van der Waals surface area contributed by atoms with Crippen molar-refractivity contribution >= 4 is 28.5 Å². The highest BCUT2D eigenvalue weighted by molar-refractivity contribution is 7.13. The molecule has 2 aliphatic rings. The number of thiazole rings is 1. The minimum Gasteiger partial charge on any atom is -0.423 e. The van der Waals surface area contributed by atoms with Crippen molar-refractivity contribution in [1.82, 2.24) is 15.3 Å². The Morgan fingerprint density at radius 1 is 1.27 bits per heavy atom. The summed E-state index contributed by atoms with van der Waals surface area (Å²) in [5.74, 6) is 0. The van der Waals surface area contributed by atoms with E-state index in [-0.39, 0.29) is 0 Å². The quantitative estimate of drug-likeness (QED) is 0.738. The molecule has 0 aliphatic carbocycles. The predicted molar refractivity (Wildman–Crippen MR) is 103 cm³/mol. The van der Waals surface area contributed by atoms with Crippen molar-refractivity contribution in [3.05, 3.63) is 29.3 Å². The minimum absolute atomic E-state index is 0.522. The summed E-state index contributed by atoms with van der Waals surface area (Å²) in [5, 5.41) is 17.0. The molecule has 2 aliphatic heterocycles. The third kappa shape index (κ3) is 2.71. The number of fused-ring (bicyclic) bond motifs is 3. The molecular weight excluding hydrogens is 348 g/mol. The molecule has 3 aromatic rings. The van der Waals surface area contributed by atoms with Gasteiger partial charge in [0.05, 0.1) is 11.2 Å². The molecule has 2 bridgehead atoms. The molecule has 0 radical (unpaired) electrons. The zero-order valence-electron chi connectivity index (χ0n) is 14.9. The summed E-state index contributed by atoms with van der Waals surface area (Å²) in [6.45, 7) is 5.42. The fourth-order valence-electron chi connectivity index (χ4n) is 3.98. The van der Waals surface area contributed by atoms with E-state index in [2.05, 4.69) is 15.2 Å². The number of benzene rings is 1. The zero-order valence-corrected chi connectivity index (χ0v) is 15.7. The lowest BCUT2D eigenvalue weighted by Crippen LogP contribution is -2.51. The average Bonchev–Trinajstić information content (AvgIpc) is 3.32. The molecule has 4 heterocycles. The van der Waals surface area contributed by atoms with Gasteiger partial charge in [-0.15, -0.1) is 11.3 Å². The number of nitrogens with zero attached hydrogens (tertiary/aromatic N) is 3. The molecule has 6 nitrogen and oxygen atoms in total.